The van der Waals surface area contributed by atoms with Gasteiger partial charge in [-0.25, -0.2) is 0 Å². The molecule has 0 aliphatic carbocycles. The smallest absolute Gasteiger partial charge is 0.0763 e. The summed E-state index contributed by atoms with van der Waals surface area (Å²) in [7, 11) is 0. The highest BCUT2D eigenvalue weighted by atomic mass is 16.5. The van der Waals surface area contributed by atoms with Crippen LogP contribution in [0.3, 0.4) is 0 Å². The largest absolute Gasteiger partial charge is 0.370 e. The van der Waals surface area contributed by atoms with Crippen molar-refractivity contribution in [2.75, 3.05) is 6.61 Å². The Morgan fingerprint density at radius 2 is 2.00 bits per heavy atom. The zero-order valence-corrected chi connectivity index (χ0v) is 9.72. The summed E-state index contributed by atoms with van der Waals surface area (Å²) in [5.74, 6) is 0. The lowest BCUT2D eigenvalue weighted by atomic mass is 10.1. The summed E-state index contributed by atoms with van der Waals surface area (Å²) >= 11 is 0. The van der Waals surface area contributed by atoms with Crippen molar-refractivity contribution in [2.24, 2.45) is 0 Å². The van der Waals surface area contributed by atoms with Crippen LogP contribution in [0.1, 0.15) is 58.8 Å². The molecule has 0 amide bonds. The summed E-state index contributed by atoms with van der Waals surface area (Å²) in [6.45, 7) is 5.35. The van der Waals surface area contributed by atoms with E-state index in [2.05, 4.69) is 19.9 Å². The maximum atomic E-state index is 5.67. The predicted molar refractivity (Wildman–Crippen MR) is 61.5 cm³/mol. The first-order chi connectivity index (χ1) is 6.86. The van der Waals surface area contributed by atoms with Crippen LogP contribution < -0.4 is 0 Å². The van der Waals surface area contributed by atoms with Crippen LogP contribution in [0.5, 0.6) is 0 Å². The normalized spacial score (nSPS) is 21.3. The quantitative estimate of drug-likeness (QED) is 0.440. The third-order valence-electron chi connectivity index (χ3n) is 2.95. The maximum absolute atomic E-state index is 5.67. The molecule has 0 aromatic carbocycles. The van der Waals surface area contributed by atoms with E-state index >= 15 is 0 Å². The van der Waals surface area contributed by atoms with Gasteiger partial charge in [-0.3, -0.25) is 0 Å². The van der Waals surface area contributed by atoms with Gasteiger partial charge < -0.3 is 4.74 Å². The van der Waals surface area contributed by atoms with Gasteiger partial charge in [0.15, 0.2) is 0 Å². The summed E-state index contributed by atoms with van der Waals surface area (Å²) in [6.07, 6.45) is 12.0. The van der Waals surface area contributed by atoms with Gasteiger partial charge in [-0.15, -0.1) is 0 Å². The van der Waals surface area contributed by atoms with Crippen molar-refractivity contribution >= 4 is 0 Å². The minimum Gasteiger partial charge on any atom is -0.370 e. The summed E-state index contributed by atoms with van der Waals surface area (Å²) < 4.78 is 5.67. The highest BCUT2D eigenvalue weighted by Crippen LogP contribution is 2.19. The second kappa shape index (κ2) is 7.05. The Balaban J connectivity index is 2.00. The Hall–Kier alpha value is -0.300. The first-order valence-electron chi connectivity index (χ1n) is 6.18. The SMILES string of the molecule is CCCCCCCC1C=C(CC)CO1. The molecule has 0 N–H and O–H groups in total. The number of ether oxygens (including phenoxy) is 1. The topological polar surface area (TPSA) is 9.23 Å². The summed E-state index contributed by atoms with van der Waals surface area (Å²) in [5.41, 5.74) is 1.49. The molecule has 0 radical (unpaired) electrons. The number of unbranched alkanes of at least 4 members (excludes halogenated alkanes) is 4. The average Bonchev–Trinajstić information content (AvgIpc) is 2.65. The Kier molecular flexibility index (Phi) is 5.93. The predicted octanol–water partition coefficient (Wildman–Crippen LogP) is 4.08. The zero-order chi connectivity index (χ0) is 10.2. The van der Waals surface area contributed by atoms with Crippen molar-refractivity contribution < 1.29 is 4.74 Å². The lowest BCUT2D eigenvalue weighted by Gasteiger charge is -2.06. The summed E-state index contributed by atoms with van der Waals surface area (Å²) in [6, 6.07) is 0. The maximum Gasteiger partial charge on any atom is 0.0763 e. The van der Waals surface area contributed by atoms with E-state index < -0.39 is 0 Å². The Morgan fingerprint density at radius 3 is 2.64 bits per heavy atom. The number of hydrogen-bond acceptors (Lipinski definition) is 1. The highest BCUT2D eigenvalue weighted by Gasteiger charge is 2.13. The van der Waals surface area contributed by atoms with Crippen LogP contribution in [0.2, 0.25) is 0 Å². The summed E-state index contributed by atoms with van der Waals surface area (Å²) in [5, 5.41) is 0. The second-order valence-electron chi connectivity index (χ2n) is 4.23. The van der Waals surface area contributed by atoms with Gasteiger partial charge in [-0.1, -0.05) is 52.0 Å². The standard InChI is InChI=1S/C13H24O/c1-3-5-6-7-8-9-13-10-12(4-2)11-14-13/h10,13H,3-9,11H2,1-2H3. The van der Waals surface area contributed by atoms with Gasteiger partial charge in [0.25, 0.3) is 0 Å². The van der Waals surface area contributed by atoms with E-state index in [1.807, 2.05) is 0 Å². The van der Waals surface area contributed by atoms with Crippen LogP contribution in [0.15, 0.2) is 11.6 Å². The average molecular weight is 196 g/mol. The minimum absolute atomic E-state index is 0.437. The molecular formula is C13H24O. The van der Waals surface area contributed by atoms with E-state index in [4.69, 9.17) is 4.74 Å². The fourth-order valence-corrected chi connectivity index (χ4v) is 1.91. The van der Waals surface area contributed by atoms with Crippen LogP contribution >= 0.6 is 0 Å². The lowest BCUT2D eigenvalue weighted by molar-refractivity contribution is 0.116. The van der Waals surface area contributed by atoms with E-state index in [1.165, 1.54) is 44.1 Å². The van der Waals surface area contributed by atoms with Crippen LogP contribution in [-0.4, -0.2) is 12.7 Å². The molecule has 0 fully saturated rings. The van der Waals surface area contributed by atoms with Gasteiger partial charge in [-0.2, -0.15) is 0 Å². The van der Waals surface area contributed by atoms with Gasteiger partial charge in [-0.05, 0) is 18.4 Å². The van der Waals surface area contributed by atoms with E-state index in [-0.39, 0.29) is 0 Å². The zero-order valence-electron chi connectivity index (χ0n) is 9.72. The van der Waals surface area contributed by atoms with Crippen LogP contribution in [-0.2, 0) is 4.74 Å². The van der Waals surface area contributed by atoms with Crippen molar-refractivity contribution in [3.8, 4) is 0 Å². The number of rotatable bonds is 7. The molecule has 0 bridgehead atoms. The van der Waals surface area contributed by atoms with Gasteiger partial charge in [0.2, 0.25) is 0 Å². The fraction of sp³-hybridized carbons (Fsp3) is 0.846. The molecule has 1 atom stereocenters. The lowest BCUT2D eigenvalue weighted by Crippen LogP contribution is -2.03. The Morgan fingerprint density at radius 1 is 1.21 bits per heavy atom. The molecule has 1 heterocycles. The third-order valence-corrected chi connectivity index (χ3v) is 2.95. The second-order valence-corrected chi connectivity index (χ2v) is 4.23. The van der Waals surface area contributed by atoms with E-state index in [0.29, 0.717) is 6.10 Å². The monoisotopic (exact) mass is 196 g/mol. The van der Waals surface area contributed by atoms with E-state index in [9.17, 15) is 0 Å². The third kappa shape index (κ3) is 4.28. The van der Waals surface area contributed by atoms with Gasteiger partial charge in [0.1, 0.15) is 0 Å². The molecule has 0 saturated heterocycles. The molecule has 0 spiro atoms. The van der Waals surface area contributed by atoms with Crippen LogP contribution in [0.4, 0.5) is 0 Å². The molecule has 1 aliphatic heterocycles. The molecule has 82 valence electrons. The van der Waals surface area contributed by atoms with Gasteiger partial charge in [0, 0.05) is 0 Å². The molecule has 1 unspecified atom stereocenters. The van der Waals surface area contributed by atoms with Crippen molar-refractivity contribution in [1.82, 2.24) is 0 Å². The molecule has 0 saturated carbocycles. The molecule has 0 aromatic heterocycles. The van der Waals surface area contributed by atoms with Gasteiger partial charge >= 0.3 is 0 Å². The van der Waals surface area contributed by atoms with Crippen LogP contribution in [0, 0.1) is 0 Å². The van der Waals surface area contributed by atoms with E-state index in [1.54, 1.807) is 0 Å². The van der Waals surface area contributed by atoms with Crippen molar-refractivity contribution in [2.45, 2.75) is 64.9 Å². The molecule has 0 aromatic rings. The molecule has 1 heteroatoms. The Labute approximate surface area is 88.5 Å². The highest BCUT2D eigenvalue weighted by molar-refractivity contribution is 5.10. The van der Waals surface area contributed by atoms with Crippen molar-refractivity contribution in [3.63, 3.8) is 0 Å². The van der Waals surface area contributed by atoms with Crippen molar-refractivity contribution in [3.05, 3.63) is 11.6 Å². The summed E-state index contributed by atoms with van der Waals surface area (Å²) in [4.78, 5) is 0. The minimum atomic E-state index is 0.437. The Bertz CT molecular complexity index is 172. The van der Waals surface area contributed by atoms with Crippen LogP contribution in [0.25, 0.3) is 0 Å². The molecule has 1 nitrogen and oxygen atoms in total. The number of hydrogen-bond donors (Lipinski definition) is 0. The van der Waals surface area contributed by atoms with Gasteiger partial charge in [0.05, 0.1) is 12.7 Å². The first-order valence-corrected chi connectivity index (χ1v) is 6.18. The van der Waals surface area contributed by atoms with Crippen molar-refractivity contribution in [1.29, 1.82) is 0 Å². The molecule has 1 rings (SSSR count). The fourth-order valence-electron chi connectivity index (χ4n) is 1.91. The van der Waals surface area contributed by atoms with E-state index in [0.717, 1.165) is 13.0 Å². The molecule has 1 aliphatic rings. The molecular weight excluding hydrogens is 172 g/mol. The molecule has 14 heavy (non-hydrogen) atoms. The first kappa shape index (κ1) is 11.8.